The second-order valence-electron chi connectivity index (χ2n) is 12.2. The highest BCUT2D eigenvalue weighted by molar-refractivity contribution is 6.13. The fourth-order valence-corrected chi connectivity index (χ4v) is 7.29. The van der Waals surface area contributed by atoms with Gasteiger partial charge in [-0.15, -0.1) is 0 Å². The number of hydrogen-bond acceptors (Lipinski definition) is 0. The Balaban J connectivity index is 1.23. The molecule has 2 nitrogen and oxygen atoms in total. The summed E-state index contributed by atoms with van der Waals surface area (Å²) < 4.78 is 4.88. The number of allylic oxidation sites excluding steroid dienone is 4. The molecule has 0 saturated carbocycles. The van der Waals surface area contributed by atoms with Crippen molar-refractivity contribution in [3.05, 3.63) is 157 Å². The highest BCUT2D eigenvalue weighted by atomic mass is 15.0. The number of para-hydroxylation sites is 1. The van der Waals surface area contributed by atoms with Crippen LogP contribution in [0.25, 0.3) is 77.2 Å². The highest BCUT2D eigenvalue weighted by Crippen LogP contribution is 2.39. The van der Waals surface area contributed by atoms with Gasteiger partial charge in [0.15, 0.2) is 0 Å². The van der Waals surface area contributed by atoms with Crippen molar-refractivity contribution in [2.75, 3.05) is 0 Å². The Labute approximate surface area is 262 Å². The predicted molar refractivity (Wildman–Crippen MR) is 192 cm³/mol. The Morgan fingerprint density at radius 2 is 1.09 bits per heavy atom. The molecule has 0 bridgehead atoms. The number of rotatable bonds is 4. The molecule has 45 heavy (non-hydrogen) atoms. The van der Waals surface area contributed by atoms with Gasteiger partial charge < -0.3 is 9.13 Å². The minimum atomic E-state index is 1.06. The van der Waals surface area contributed by atoms with Gasteiger partial charge in [-0.2, -0.15) is 0 Å². The first-order valence-electron chi connectivity index (χ1n) is 15.8. The smallest absolute Gasteiger partial charge is 0.0541 e. The van der Waals surface area contributed by atoms with Crippen LogP contribution in [-0.2, 0) is 0 Å². The lowest BCUT2D eigenvalue weighted by Crippen LogP contribution is -1.98. The average molecular weight is 577 g/mol. The Bertz CT molecular complexity index is 2480. The van der Waals surface area contributed by atoms with E-state index in [0.29, 0.717) is 0 Å². The molecule has 0 atom stereocenters. The number of benzene rings is 6. The molecule has 9 rings (SSSR count). The molecule has 6 aromatic carbocycles. The fraction of sp³-hybridized carbons (Fsp3) is 0.0698. The molecule has 0 unspecified atom stereocenters. The molecule has 1 aliphatic rings. The minimum Gasteiger partial charge on any atom is -0.313 e. The van der Waals surface area contributed by atoms with E-state index in [-0.39, 0.29) is 0 Å². The summed E-state index contributed by atoms with van der Waals surface area (Å²) in [4.78, 5) is 0. The van der Waals surface area contributed by atoms with Crippen LogP contribution >= 0.6 is 0 Å². The van der Waals surface area contributed by atoms with Crippen LogP contribution in [0.3, 0.4) is 0 Å². The van der Waals surface area contributed by atoms with Crippen molar-refractivity contribution in [2.45, 2.75) is 19.8 Å². The van der Waals surface area contributed by atoms with Crippen LogP contribution in [0.5, 0.6) is 0 Å². The molecule has 0 aliphatic heterocycles. The molecule has 0 radical (unpaired) electrons. The first-order chi connectivity index (χ1) is 22.2. The minimum absolute atomic E-state index is 1.06. The maximum atomic E-state index is 2.46. The Morgan fingerprint density at radius 3 is 1.87 bits per heavy atom. The molecule has 0 spiro atoms. The van der Waals surface area contributed by atoms with E-state index < -0.39 is 0 Å². The summed E-state index contributed by atoms with van der Waals surface area (Å²) in [7, 11) is 0. The maximum Gasteiger partial charge on any atom is 0.0541 e. The fourth-order valence-electron chi connectivity index (χ4n) is 7.29. The van der Waals surface area contributed by atoms with Crippen molar-refractivity contribution in [1.82, 2.24) is 9.13 Å². The summed E-state index contributed by atoms with van der Waals surface area (Å²) in [5.74, 6) is 0. The topological polar surface area (TPSA) is 9.86 Å². The normalized spacial score (nSPS) is 13.3. The van der Waals surface area contributed by atoms with Crippen LogP contribution in [0.4, 0.5) is 0 Å². The average Bonchev–Trinajstić information content (AvgIpc) is 3.61. The summed E-state index contributed by atoms with van der Waals surface area (Å²) in [6.07, 6.45) is 8.86. The Hall–Kier alpha value is -5.60. The molecular weight excluding hydrogens is 544 g/mol. The molecule has 214 valence electrons. The van der Waals surface area contributed by atoms with E-state index >= 15 is 0 Å². The molecular formula is C43H32N2. The van der Waals surface area contributed by atoms with E-state index in [9.17, 15) is 0 Å². The summed E-state index contributed by atoms with van der Waals surface area (Å²) in [6, 6.07) is 49.2. The SMILES string of the molecule is Cc1ccc2c(c1)c1cc(-c3ccc4c(c3)c3ccccc3n4C3=CC=CCC3)ccc1n2-c1cccc(-c2ccccc2)c1. The Morgan fingerprint density at radius 1 is 0.467 bits per heavy atom. The van der Waals surface area contributed by atoms with Gasteiger partial charge >= 0.3 is 0 Å². The molecule has 1 aliphatic carbocycles. The van der Waals surface area contributed by atoms with Crippen LogP contribution in [-0.4, -0.2) is 9.13 Å². The van der Waals surface area contributed by atoms with Crippen molar-refractivity contribution in [3.8, 4) is 27.9 Å². The summed E-state index contributed by atoms with van der Waals surface area (Å²) in [5, 5.41) is 5.16. The van der Waals surface area contributed by atoms with Gasteiger partial charge in [-0.25, -0.2) is 0 Å². The lowest BCUT2D eigenvalue weighted by atomic mass is 10.00. The number of nitrogens with zero attached hydrogens (tertiary/aromatic N) is 2. The lowest BCUT2D eigenvalue weighted by molar-refractivity contribution is 0.979. The van der Waals surface area contributed by atoms with Gasteiger partial charge in [-0.1, -0.05) is 96.6 Å². The Kier molecular flexibility index (Phi) is 5.89. The van der Waals surface area contributed by atoms with E-state index in [2.05, 4.69) is 168 Å². The third-order valence-corrected chi connectivity index (χ3v) is 9.42. The van der Waals surface area contributed by atoms with Crippen molar-refractivity contribution in [2.24, 2.45) is 0 Å². The maximum absolute atomic E-state index is 2.46. The van der Waals surface area contributed by atoms with Gasteiger partial charge in [0, 0.05) is 32.9 Å². The number of aryl methyl sites for hydroxylation is 1. The molecule has 0 fully saturated rings. The first-order valence-corrected chi connectivity index (χ1v) is 15.8. The van der Waals surface area contributed by atoms with Gasteiger partial charge in [-0.3, -0.25) is 0 Å². The first kappa shape index (κ1) is 25.9. The van der Waals surface area contributed by atoms with Crippen LogP contribution in [0.15, 0.2) is 152 Å². The van der Waals surface area contributed by atoms with Gasteiger partial charge in [0.1, 0.15) is 0 Å². The van der Waals surface area contributed by atoms with E-state index in [1.807, 2.05) is 0 Å². The lowest BCUT2D eigenvalue weighted by Gasteiger charge is -2.14. The third-order valence-electron chi connectivity index (χ3n) is 9.42. The number of fused-ring (bicyclic) bond motifs is 6. The van der Waals surface area contributed by atoms with Gasteiger partial charge in [0.25, 0.3) is 0 Å². The van der Waals surface area contributed by atoms with Crippen molar-refractivity contribution in [3.63, 3.8) is 0 Å². The third kappa shape index (κ3) is 4.17. The molecule has 0 saturated heterocycles. The second-order valence-corrected chi connectivity index (χ2v) is 12.2. The van der Waals surface area contributed by atoms with Crippen LogP contribution in [0, 0.1) is 6.92 Å². The molecule has 2 heterocycles. The van der Waals surface area contributed by atoms with Crippen molar-refractivity contribution >= 4 is 49.3 Å². The quantitative estimate of drug-likeness (QED) is 0.197. The molecule has 0 N–H and O–H groups in total. The van der Waals surface area contributed by atoms with E-state index in [1.165, 1.54) is 82.8 Å². The van der Waals surface area contributed by atoms with E-state index in [0.717, 1.165) is 12.8 Å². The summed E-state index contributed by atoms with van der Waals surface area (Å²) in [5.41, 5.74) is 13.7. The van der Waals surface area contributed by atoms with Crippen molar-refractivity contribution < 1.29 is 0 Å². The van der Waals surface area contributed by atoms with Crippen LogP contribution in [0.1, 0.15) is 18.4 Å². The summed E-state index contributed by atoms with van der Waals surface area (Å²) in [6.45, 7) is 2.18. The zero-order chi connectivity index (χ0) is 29.9. The monoisotopic (exact) mass is 576 g/mol. The van der Waals surface area contributed by atoms with Gasteiger partial charge in [0.2, 0.25) is 0 Å². The zero-order valence-corrected chi connectivity index (χ0v) is 25.2. The van der Waals surface area contributed by atoms with E-state index in [4.69, 9.17) is 0 Å². The molecule has 2 aromatic heterocycles. The summed E-state index contributed by atoms with van der Waals surface area (Å²) >= 11 is 0. The predicted octanol–water partition coefficient (Wildman–Crippen LogP) is 11.7. The largest absolute Gasteiger partial charge is 0.313 e. The highest BCUT2D eigenvalue weighted by Gasteiger charge is 2.17. The van der Waals surface area contributed by atoms with Crippen LogP contribution < -0.4 is 0 Å². The number of hydrogen-bond donors (Lipinski definition) is 0. The zero-order valence-electron chi connectivity index (χ0n) is 25.2. The molecule has 8 aromatic rings. The number of aromatic nitrogens is 2. The van der Waals surface area contributed by atoms with Gasteiger partial charge in [-0.05, 0) is 103 Å². The van der Waals surface area contributed by atoms with Crippen LogP contribution in [0.2, 0.25) is 0 Å². The van der Waals surface area contributed by atoms with Gasteiger partial charge in [0.05, 0.1) is 22.1 Å². The second kappa shape index (κ2) is 10.2. The molecule has 2 heteroatoms. The van der Waals surface area contributed by atoms with E-state index in [1.54, 1.807) is 0 Å². The molecule has 0 amide bonds. The standard InChI is InChI=1S/C43H32N2/c1-29-19-22-41-37(25-29)39-28-33(21-24-43(39)45(41)35-16-10-13-31(26-35)30-11-4-2-5-12-30)32-20-23-42-38(27-32)36-17-8-9-18-40(36)44(42)34-14-6-3-7-15-34/h2-6,8-14,16-28H,7,15H2,1H3. The van der Waals surface area contributed by atoms with Crippen molar-refractivity contribution in [1.29, 1.82) is 0 Å².